The van der Waals surface area contributed by atoms with E-state index in [1.165, 1.54) is 0 Å². The van der Waals surface area contributed by atoms with Crippen molar-refractivity contribution >= 4 is 0 Å². The standard InChI is InChI=1S/C34H44O7/c1-5-27-28(39-27)16-29-30(35)22(3)31(37-19-25-14-10-7-11-15-25)33-32(40-29)21(2)23(4)34(41-33)17-26(20-38-34)36-18-24-12-8-6-9-13-24/h5-15,21-23,26-33,35H,1,16-20H2,2-4H3/t21-,22+,23-,26-,27+,28+,29-,30+,31-,32+,33-,34+/m0/s1. The van der Waals surface area contributed by atoms with Crippen LogP contribution in [0.1, 0.15) is 44.7 Å². The van der Waals surface area contributed by atoms with Gasteiger partial charge in [-0.3, -0.25) is 0 Å². The van der Waals surface area contributed by atoms with Gasteiger partial charge in [-0.1, -0.05) is 87.5 Å². The molecule has 4 heterocycles. The monoisotopic (exact) mass is 564 g/mol. The van der Waals surface area contributed by atoms with E-state index in [0.29, 0.717) is 32.7 Å². The summed E-state index contributed by atoms with van der Waals surface area (Å²) in [5, 5.41) is 11.6. The average Bonchev–Trinajstić information content (AvgIpc) is 3.66. The third kappa shape index (κ3) is 6.04. The minimum Gasteiger partial charge on any atom is -0.390 e. The first-order chi connectivity index (χ1) is 19.9. The predicted molar refractivity (Wildman–Crippen MR) is 154 cm³/mol. The summed E-state index contributed by atoms with van der Waals surface area (Å²) in [6.45, 7) is 11.7. The van der Waals surface area contributed by atoms with Crippen LogP contribution < -0.4 is 0 Å². The zero-order valence-electron chi connectivity index (χ0n) is 24.3. The molecule has 41 heavy (non-hydrogen) atoms. The van der Waals surface area contributed by atoms with Gasteiger partial charge in [-0.05, 0) is 17.0 Å². The van der Waals surface area contributed by atoms with Crippen molar-refractivity contribution in [1.29, 1.82) is 0 Å². The van der Waals surface area contributed by atoms with Crippen molar-refractivity contribution in [1.82, 2.24) is 0 Å². The van der Waals surface area contributed by atoms with Crippen LogP contribution in [0.25, 0.3) is 0 Å². The van der Waals surface area contributed by atoms with Gasteiger partial charge >= 0.3 is 0 Å². The molecule has 222 valence electrons. The topological polar surface area (TPSA) is 78.9 Å². The van der Waals surface area contributed by atoms with Gasteiger partial charge in [0.25, 0.3) is 0 Å². The molecule has 7 heteroatoms. The fourth-order valence-electron chi connectivity index (χ4n) is 6.91. The fraction of sp³-hybridized carbons (Fsp3) is 0.588. The van der Waals surface area contributed by atoms with E-state index in [1.807, 2.05) is 49.4 Å². The summed E-state index contributed by atoms with van der Waals surface area (Å²) in [6, 6.07) is 20.3. The zero-order valence-corrected chi connectivity index (χ0v) is 24.3. The molecule has 4 saturated heterocycles. The zero-order chi connectivity index (χ0) is 28.6. The number of aliphatic hydroxyl groups excluding tert-OH is 1. The lowest BCUT2D eigenvalue weighted by atomic mass is 9.76. The van der Waals surface area contributed by atoms with Gasteiger partial charge in [0, 0.05) is 24.7 Å². The molecule has 7 nitrogen and oxygen atoms in total. The van der Waals surface area contributed by atoms with Gasteiger partial charge in [-0.15, -0.1) is 6.58 Å². The van der Waals surface area contributed by atoms with E-state index in [2.05, 4.69) is 44.7 Å². The lowest BCUT2D eigenvalue weighted by molar-refractivity contribution is -0.340. The van der Waals surface area contributed by atoms with Gasteiger partial charge in [0.05, 0.1) is 56.4 Å². The van der Waals surface area contributed by atoms with Crippen molar-refractivity contribution in [3.8, 4) is 0 Å². The number of aliphatic hydroxyl groups is 1. The summed E-state index contributed by atoms with van der Waals surface area (Å²) >= 11 is 0. The predicted octanol–water partition coefficient (Wildman–Crippen LogP) is 5.05. The first-order valence-electron chi connectivity index (χ1n) is 15.1. The molecule has 0 aliphatic carbocycles. The highest BCUT2D eigenvalue weighted by Crippen LogP contribution is 2.50. The molecule has 2 aromatic carbocycles. The van der Waals surface area contributed by atoms with E-state index in [-0.39, 0.29) is 42.2 Å². The number of hydrogen-bond donors (Lipinski definition) is 1. The molecule has 4 aliphatic heterocycles. The van der Waals surface area contributed by atoms with Crippen LogP contribution in [0, 0.1) is 17.8 Å². The molecule has 0 unspecified atom stereocenters. The Morgan fingerprint density at radius 3 is 2.17 bits per heavy atom. The molecule has 6 rings (SSSR count). The maximum atomic E-state index is 11.6. The molecule has 4 aliphatic rings. The van der Waals surface area contributed by atoms with Gasteiger partial charge in [-0.2, -0.15) is 0 Å². The summed E-state index contributed by atoms with van der Waals surface area (Å²) in [7, 11) is 0. The van der Waals surface area contributed by atoms with E-state index in [0.717, 1.165) is 11.1 Å². The molecular formula is C34H44O7. The van der Waals surface area contributed by atoms with Gasteiger partial charge < -0.3 is 33.5 Å². The maximum absolute atomic E-state index is 11.6. The second-order valence-corrected chi connectivity index (χ2v) is 12.3. The van der Waals surface area contributed by atoms with Crippen LogP contribution in [0.3, 0.4) is 0 Å². The lowest BCUT2D eigenvalue weighted by Crippen LogP contribution is -2.61. The van der Waals surface area contributed by atoms with Crippen molar-refractivity contribution in [2.75, 3.05) is 6.61 Å². The van der Waals surface area contributed by atoms with Gasteiger partial charge in [0.15, 0.2) is 5.79 Å². The van der Waals surface area contributed by atoms with Crippen molar-refractivity contribution in [2.24, 2.45) is 17.8 Å². The Kier molecular flexibility index (Phi) is 8.66. The van der Waals surface area contributed by atoms with Crippen molar-refractivity contribution in [3.63, 3.8) is 0 Å². The van der Waals surface area contributed by atoms with Crippen LogP contribution in [-0.2, 0) is 41.6 Å². The van der Waals surface area contributed by atoms with Crippen LogP contribution in [0.4, 0.5) is 0 Å². The molecule has 2 aromatic rings. The Labute approximate surface area is 243 Å². The van der Waals surface area contributed by atoms with Crippen LogP contribution in [0.2, 0.25) is 0 Å². The Morgan fingerprint density at radius 2 is 1.54 bits per heavy atom. The number of epoxide rings is 1. The SMILES string of the molecule is C=C[C@H]1O[C@@H]1C[C@@H]1O[C@@H]2[C@@H](C)[C@H](C)[C@@]3(C[C@H](OCc4ccccc4)CO3)O[C@H]2[C@@H](OCc2ccccc2)[C@H](C)[C@H]1O. The smallest absolute Gasteiger partial charge is 0.174 e. The van der Waals surface area contributed by atoms with Crippen LogP contribution >= 0.6 is 0 Å². The number of benzene rings is 2. The second-order valence-electron chi connectivity index (χ2n) is 12.3. The fourth-order valence-corrected chi connectivity index (χ4v) is 6.91. The molecule has 1 spiro atoms. The van der Waals surface area contributed by atoms with Gasteiger partial charge in [0.1, 0.15) is 12.2 Å². The number of rotatable bonds is 9. The van der Waals surface area contributed by atoms with E-state index < -0.39 is 30.2 Å². The lowest BCUT2D eigenvalue weighted by Gasteiger charge is -2.51. The molecule has 0 amide bonds. The van der Waals surface area contributed by atoms with Crippen molar-refractivity contribution in [3.05, 3.63) is 84.4 Å². The largest absolute Gasteiger partial charge is 0.390 e. The third-order valence-corrected chi connectivity index (χ3v) is 9.71. The minimum absolute atomic E-state index is 0.0175. The third-order valence-electron chi connectivity index (χ3n) is 9.71. The van der Waals surface area contributed by atoms with Crippen molar-refractivity contribution < 1.29 is 33.5 Å². The number of fused-ring (bicyclic) bond motifs is 1. The molecule has 4 fully saturated rings. The Bertz CT molecular complexity index is 1140. The molecule has 0 bridgehead atoms. The first kappa shape index (κ1) is 29.0. The minimum atomic E-state index is -0.808. The molecule has 1 N–H and O–H groups in total. The summed E-state index contributed by atoms with van der Waals surface area (Å²) in [5.74, 6) is -0.894. The normalized spacial score (nSPS) is 42.0. The van der Waals surface area contributed by atoms with Gasteiger partial charge in [-0.25, -0.2) is 0 Å². The number of ether oxygens (including phenoxy) is 6. The van der Waals surface area contributed by atoms with Crippen LogP contribution in [0.5, 0.6) is 0 Å². The summed E-state index contributed by atoms with van der Waals surface area (Å²) in [4.78, 5) is 0. The van der Waals surface area contributed by atoms with E-state index in [4.69, 9.17) is 28.4 Å². The molecule has 0 aromatic heterocycles. The number of hydrogen-bond acceptors (Lipinski definition) is 7. The Hall–Kier alpha value is -2.10. The highest BCUT2D eigenvalue weighted by atomic mass is 16.7. The first-order valence-corrected chi connectivity index (χ1v) is 15.1. The quantitative estimate of drug-likeness (QED) is 0.337. The van der Waals surface area contributed by atoms with E-state index in [1.54, 1.807) is 0 Å². The maximum Gasteiger partial charge on any atom is 0.174 e. The van der Waals surface area contributed by atoms with Gasteiger partial charge in [0.2, 0.25) is 0 Å². The highest BCUT2D eigenvalue weighted by Gasteiger charge is 2.60. The molecule has 0 radical (unpaired) electrons. The molecule has 0 saturated carbocycles. The molecule has 12 atom stereocenters. The summed E-state index contributed by atoms with van der Waals surface area (Å²) in [6.07, 6.45) is 0.824. The Morgan fingerprint density at radius 1 is 0.878 bits per heavy atom. The average molecular weight is 565 g/mol. The summed E-state index contributed by atoms with van der Waals surface area (Å²) < 4.78 is 39.0. The molecular weight excluding hydrogens is 520 g/mol. The van der Waals surface area contributed by atoms with Crippen LogP contribution in [0.15, 0.2) is 73.3 Å². The second kappa shape index (κ2) is 12.3. The highest BCUT2D eigenvalue weighted by molar-refractivity contribution is 5.15. The van der Waals surface area contributed by atoms with E-state index in [9.17, 15) is 5.11 Å². The van der Waals surface area contributed by atoms with E-state index >= 15 is 0 Å². The Balaban J connectivity index is 1.23. The summed E-state index contributed by atoms with van der Waals surface area (Å²) in [5.41, 5.74) is 2.21. The van der Waals surface area contributed by atoms with Crippen molar-refractivity contribution in [2.45, 2.75) is 101 Å². The van der Waals surface area contributed by atoms with Crippen LogP contribution in [-0.4, -0.2) is 66.3 Å².